The Bertz CT molecular complexity index is 1220. The number of nitrogens with zero attached hydrogens (tertiary/aromatic N) is 1. The summed E-state index contributed by atoms with van der Waals surface area (Å²) in [4.78, 5) is 26.2. The maximum Gasteiger partial charge on any atom is 0.339 e. The van der Waals surface area contributed by atoms with Crippen LogP contribution in [0.2, 0.25) is 0 Å². The fourth-order valence-electron chi connectivity index (χ4n) is 4.02. The summed E-state index contributed by atoms with van der Waals surface area (Å²) >= 11 is 0. The number of hydrogen-bond acceptors (Lipinski definition) is 5. The molecular weight excluding hydrogens is 450 g/mol. The highest BCUT2D eigenvalue weighted by Gasteiger charge is 2.28. The van der Waals surface area contributed by atoms with Crippen molar-refractivity contribution in [2.75, 3.05) is 13.1 Å². The number of carbonyl (C=O) groups excluding carboxylic acids is 2. The molecule has 3 aromatic rings. The number of carbonyl (C=O) groups is 2. The first kappa shape index (κ1) is 23.9. The van der Waals surface area contributed by atoms with E-state index in [2.05, 4.69) is 0 Å². The van der Waals surface area contributed by atoms with Crippen molar-refractivity contribution in [1.29, 1.82) is 0 Å². The topological polar surface area (TPSA) is 80.8 Å². The van der Waals surface area contributed by atoms with Crippen molar-refractivity contribution in [3.05, 3.63) is 102 Å². The van der Waals surface area contributed by atoms with Crippen LogP contribution in [0.5, 0.6) is 0 Å². The molecule has 0 amide bonds. The van der Waals surface area contributed by atoms with Crippen LogP contribution in [0, 0.1) is 0 Å². The van der Waals surface area contributed by atoms with E-state index in [4.69, 9.17) is 4.74 Å². The van der Waals surface area contributed by atoms with Gasteiger partial charge in [-0.2, -0.15) is 4.31 Å². The first-order valence-electron chi connectivity index (χ1n) is 11.4. The number of rotatable bonds is 7. The standard InChI is InChI=1S/C27H27NO5S/c29-25(21-11-5-3-6-12-21)26(22-13-7-4-8-14-22)33-27(30)23-15-17-24(18-16-23)34(31,32)28-19-9-1-2-10-20-28/h3-8,11-18,26H,1-2,9-10,19-20H2. The summed E-state index contributed by atoms with van der Waals surface area (Å²) in [6.07, 6.45) is 2.64. The summed E-state index contributed by atoms with van der Waals surface area (Å²) in [5.41, 5.74) is 1.17. The van der Waals surface area contributed by atoms with Crippen molar-refractivity contribution in [3.63, 3.8) is 0 Å². The highest BCUT2D eigenvalue weighted by atomic mass is 32.2. The monoisotopic (exact) mass is 477 g/mol. The van der Waals surface area contributed by atoms with Gasteiger partial charge in [-0.05, 0) is 37.1 Å². The molecule has 1 aliphatic rings. The molecule has 4 rings (SSSR count). The molecule has 0 bridgehead atoms. The van der Waals surface area contributed by atoms with Crippen LogP contribution in [0.4, 0.5) is 0 Å². The fraction of sp³-hybridized carbons (Fsp3) is 0.259. The van der Waals surface area contributed by atoms with Crippen molar-refractivity contribution in [3.8, 4) is 0 Å². The highest BCUT2D eigenvalue weighted by Crippen LogP contribution is 2.25. The second kappa shape index (κ2) is 10.8. The minimum Gasteiger partial charge on any atom is -0.445 e. The van der Waals surface area contributed by atoms with Gasteiger partial charge in [0.1, 0.15) is 0 Å². The van der Waals surface area contributed by atoms with E-state index >= 15 is 0 Å². The van der Waals surface area contributed by atoms with E-state index in [0.717, 1.165) is 25.7 Å². The van der Waals surface area contributed by atoms with Gasteiger partial charge in [-0.1, -0.05) is 73.5 Å². The van der Waals surface area contributed by atoms with Crippen molar-refractivity contribution in [2.45, 2.75) is 36.7 Å². The van der Waals surface area contributed by atoms with Crippen molar-refractivity contribution in [2.24, 2.45) is 0 Å². The number of benzene rings is 3. The molecule has 0 aromatic heterocycles. The van der Waals surface area contributed by atoms with E-state index in [9.17, 15) is 18.0 Å². The number of ketones is 1. The Kier molecular flexibility index (Phi) is 7.55. The van der Waals surface area contributed by atoms with Gasteiger partial charge >= 0.3 is 5.97 Å². The molecule has 34 heavy (non-hydrogen) atoms. The minimum atomic E-state index is -3.62. The molecule has 1 atom stereocenters. The van der Waals surface area contributed by atoms with E-state index in [1.165, 1.54) is 28.6 Å². The van der Waals surface area contributed by atoms with Gasteiger partial charge in [0.2, 0.25) is 15.8 Å². The summed E-state index contributed by atoms with van der Waals surface area (Å²) in [5.74, 6) is -1.03. The predicted molar refractivity (Wildman–Crippen MR) is 129 cm³/mol. The summed E-state index contributed by atoms with van der Waals surface area (Å²) in [7, 11) is -3.62. The molecule has 1 aliphatic heterocycles. The lowest BCUT2D eigenvalue weighted by molar-refractivity contribution is 0.0280. The van der Waals surface area contributed by atoms with Crippen LogP contribution in [-0.4, -0.2) is 37.6 Å². The second-order valence-corrected chi connectivity index (χ2v) is 10.2. The summed E-state index contributed by atoms with van der Waals surface area (Å²) in [5, 5.41) is 0. The van der Waals surface area contributed by atoms with Crippen molar-refractivity contribution in [1.82, 2.24) is 4.31 Å². The van der Waals surface area contributed by atoms with Crippen LogP contribution >= 0.6 is 0 Å². The van der Waals surface area contributed by atoms with Gasteiger partial charge in [-0.15, -0.1) is 0 Å². The molecule has 1 unspecified atom stereocenters. The largest absolute Gasteiger partial charge is 0.445 e. The Morgan fingerprint density at radius 2 is 1.26 bits per heavy atom. The number of sulfonamides is 1. The van der Waals surface area contributed by atoms with Crippen LogP contribution in [0.25, 0.3) is 0 Å². The Morgan fingerprint density at radius 3 is 1.85 bits per heavy atom. The molecule has 0 spiro atoms. The molecule has 1 fully saturated rings. The number of hydrogen-bond donors (Lipinski definition) is 0. The first-order valence-corrected chi connectivity index (χ1v) is 12.9. The number of esters is 1. The maximum atomic E-state index is 13.1. The van der Waals surface area contributed by atoms with Crippen molar-refractivity contribution < 1.29 is 22.7 Å². The molecule has 0 N–H and O–H groups in total. The lowest BCUT2D eigenvalue weighted by atomic mass is 10.00. The van der Waals surface area contributed by atoms with Gasteiger partial charge in [-0.25, -0.2) is 13.2 Å². The van der Waals surface area contributed by atoms with Crippen LogP contribution in [0.15, 0.2) is 89.8 Å². The Balaban J connectivity index is 1.54. The van der Waals surface area contributed by atoms with E-state index in [1.807, 2.05) is 12.1 Å². The quantitative estimate of drug-likeness (QED) is 0.352. The van der Waals surface area contributed by atoms with Crippen LogP contribution < -0.4 is 0 Å². The SMILES string of the molecule is O=C(OC(C(=O)c1ccccc1)c1ccccc1)c1ccc(S(=O)(=O)N2CCCCCC2)cc1. The number of Topliss-reactive ketones (excluding diaryl/α,β-unsaturated/α-hetero) is 1. The van der Waals surface area contributed by atoms with Gasteiger partial charge in [0.05, 0.1) is 10.5 Å². The lowest BCUT2D eigenvalue weighted by Crippen LogP contribution is -2.31. The predicted octanol–water partition coefficient (Wildman–Crippen LogP) is 5.03. The van der Waals surface area contributed by atoms with Crippen LogP contribution in [0.3, 0.4) is 0 Å². The Hall–Kier alpha value is -3.29. The summed E-state index contributed by atoms with van der Waals surface area (Å²) in [6, 6.07) is 23.2. The zero-order valence-electron chi connectivity index (χ0n) is 18.8. The van der Waals surface area contributed by atoms with E-state index in [-0.39, 0.29) is 16.2 Å². The molecular formula is C27H27NO5S. The normalized spacial score (nSPS) is 15.8. The summed E-state index contributed by atoms with van der Waals surface area (Å²) in [6.45, 7) is 1.01. The molecule has 3 aromatic carbocycles. The average Bonchev–Trinajstić information content (AvgIpc) is 3.18. The van der Waals surface area contributed by atoms with Crippen LogP contribution in [-0.2, 0) is 14.8 Å². The molecule has 0 saturated carbocycles. The smallest absolute Gasteiger partial charge is 0.339 e. The molecule has 0 radical (unpaired) electrons. The zero-order valence-corrected chi connectivity index (χ0v) is 19.6. The van der Waals surface area contributed by atoms with E-state index < -0.39 is 22.1 Å². The molecule has 7 heteroatoms. The van der Waals surface area contributed by atoms with Gasteiger partial charge < -0.3 is 4.74 Å². The molecule has 1 heterocycles. The average molecular weight is 478 g/mol. The van der Waals surface area contributed by atoms with Crippen molar-refractivity contribution >= 4 is 21.8 Å². The van der Waals surface area contributed by atoms with Gasteiger partial charge in [0, 0.05) is 24.2 Å². The number of ether oxygens (including phenoxy) is 1. The Morgan fingerprint density at radius 1 is 0.706 bits per heavy atom. The zero-order chi connectivity index (χ0) is 24.0. The van der Waals surface area contributed by atoms with Crippen LogP contribution in [0.1, 0.15) is 58.1 Å². The highest BCUT2D eigenvalue weighted by molar-refractivity contribution is 7.89. The third-order valence-electron chi connectivity index (χ3n) is 5.92. The summed E-state index contributed by atoms with van der Waals surface area (Å²) < 4.78 is 33.2. The Labute approximate surface area is 200 Å². The third-order valence-corrected chi connectivity index (χ3v) is 7.83. The van der Waals surface area contributed by atoms with Gasteiger partial charge in [0.25, 0.3) is 0 Å². The minimum absolute atomic E-state index is 0.144. The van der Waals surface area contributed by atoms with E-state index in [1.54, 1.807) is 48.5 Å². The second-order valence-electron chi connectivity index (χ2n) is 8.27. The van der Waals surface area contributed by atoms with E-state index in [0.29, 0.717) is 24.2 Å². The van der Waals surface area contributed by atoms with Gasteiger partial charge in [0.15, 0.2) is 6.10 Å². The molecule has 6 nitrogen and oxygen atoms in total. The molecule has 1 saturated heterocycles. The molecule has 176 valence electrons. The lowest BCUT2D eigenvalue weighted by Gasteiger charge is -2.20. The first-order chi connectivity index (χ1) is 16.5. The molecule has 0 aliphatic carbocycles. The fourth-order valence-corrected chi connectivity index (χ4v) is 5.54. The van der Waals surface area contributed by atoms with Gasteiger partial charge in [-0.3, -0.25) is 4.79 Å². The maximum absolute atomic E-state index is 13.1. The third kappa shape index (κ3) is 5.43.